The van der Waals surface area contributed by atoms with Gasteiger partial charge in [-0.25, -0.2) is 0 Å². The van der Waals surface area contributed by atoms with Crippen LogP contribution < -0.4 is 0 Å². The van der Waals surface area contributed by atoms with Gasteiger partial charge in [0.15, 0.2) is 5.55 Å². The Morgan fingerprint density at radius 2 is 2.17 bits per heavy atom. The van der Waals surface area contributed by atoms with Crippen molar-refractivity contribution in [3.63, 3.8) is 0 Å². The third-order valence-corrected chi connectivity index (χ3v) is 1.91. The Morgan fingerprint density at radius 1 is 1.67 bits per heavy atom. The first-order chi connectivity index (χ1) is 2.77. The molecule has 0 saturated heterocycles. The molecule has 0 aromatic heterocycles. The first-order valence-corrected chi connectivity index (χ1v) is 6.81. The van der Waals surface area contributed by atoms with Crippen LogP contribution >= 0.6 is 36.5 Å². The zero-order valence-corrected chi connectivity index (χ0v) is 7.38. The van der Waals surface area contributed by atoms with Gasteiger partial charge in [0.05, 0.1) is 6.61 Å². The molecule has 0 aliphatic rings. The Hall–Kier alpha value is 1.35. The topological polar surface area (TPSA) is 9.23 Å². The summed E-state index contributed by atoms with van der Waals surface area (Å²) in [6.07, 6.45) is 0. The van der Waals surface area contributed by atoms with E-state index in [0.29, 0.717) is 0 Å². The van der Waals surface area contributed by atoms with Gasteiger partial charge in [-0.1, -0.05) is 0 Å². The van der Waals surface area contributed by atoms with Crippen LogP contribution in [0.3, 0.4) is 0 Å². The molecule has 0 rings (SSSR count). The minimum absolute atomic E-state index is 0.476. The summed E-state index contributed by atoms with van der Waals surface area (Å²) in [7, 11) is 0. The Labute approximate surface area is 54.8 Å². The van der Waals surface area contributed by atoms with Gasteiger partial charge in [-0.15, -0.1) is 0 Å². The number of rotatable bonds is 2. The average molecular weight is 236 g/mol. The zero-order chi connectivity index (χ0) is 4.99. The lowest BCUT2D eigenvalue weighted by atomic mass is 10.9. The standard InChI is InChI=1S/C2H5Br2OP/c1-2-5-6(3)4/h2H2,1H3. The highest BCUT2D eigenvalue weighted by molar-refractivity contribution is 9.68. The molecule has 0 bridgehead atoms. The quantitative estimate of drug-likeness (QED) is 0.669. The van der Waals surface area contributed by atoms with Gasteiger partial charge in [-0.2, -0.15) is 0 Å². The molecule has 0 aliphatic heterocycles. The molecule has 0 amide bonds. The Balaban J connectivity index is 2.63. The van der Waals surface area contributed by atoms with E-state index in [9.17, 15) is 0 Å². The van der Waals surface area contributed by atoms with Crippen LogP contribution in [0.25, 0.3) is 0 Å². The molecule has 0 spiro atoms. The first-order valence-electron chi connectivity index (χ1n) is 1.52. The van der Waals surface area contributed by atoms with Crippen molar-refractivity contribution in [1.82, 2.24) is 0 Å². The van der Waals surface area contributed by atoms with Gasteiger partial charge >= 0.3 is 0 Å². The predicted molar refractivity (Wildman–Crippen MR) is 36.4 cm³/mol. The van der Waals surface area contributed by atoms with Crippen molar-refractivity contribution in [3.05, 3.63) is 0 Å². The van der Waals surface area contributed by atoms with E-state index in [1.807, 2.05) is 6.92 Å². The van der Waals surface area contributed by atoms with E-state index in [-0.39, 0.29) is 0 Å². The van der Waals surface area contributed by atoms with Gasteiger partial charge in [-0.3, -0.25) is 0 Å². The summed E-state index contributed by atoms with van der Waals surface area (Å²) < 4.78 is 4.94. The molecular weight excluding hydrogens is 231 g/mol. The summed E-state index contributed by atoms with van der Waals surface area (Å²) in [4.78, 5) is 0. The summed E-state index contributed by atoms with van der Waals surface area (Å²) >= 11 is 6.39. The summed E-state index contributed by atoms with van der Waals surface area (Å²) in [5.74, 6) is 0. The second-order valence-electron chi connectivity index (χ2n) is 0.620. The Bertz CT molecular complexity index is 32.7. The largest absolute Gasteiger partial charge is 0.339 e. The highest BCUT2D eigenvalue weighted by Gasteiger charge is 1.90. The third-order valence-electron chi connectivity index (χ3n) is 0.227. The fraction of sp³-hybridized carbons (Fsp3) is 1.00. The molecule has 6 heavy (non-hydrogen) atoms. The lowest BCUT2D eigenvalue weighted by Crippen LogP contribution is -1.69. The van der Waals surface area contributed by atoms with E-state index in [4.69, 9.17) is 4.52 Å². The number of hydrogen-bond donors (Lipinski definition) is 0. The van der Waals surface area contributed by atoms with Crippen LogP contribution in [0, 0.1) is 0 Å². The summed E-state index contributed by atoms with van der Waals surface area (Å²) in [6.45, 7) is 2.72. The van der Waals surface area contributed by atoms with Crippen molar-refractivity contribution in [2.24, 2.45) is 0 Å². The summed E-state index contributed by atoms with van der Waals surface area (Å²) in [6, 6.07) is 0. The van der Waals surface area contributed by atoms with Gasteiger partial charge in [0.1, 0.15) is 0 Å². The molecule has 0 unspecified atom stereocenters. The van der Waals surface area contributed by atoms with Crippen LogP contribution in [0.4, 0.5) is 0 Å². The summed E-state index contributed by atoms with van der Waals surface area (Å²) in [5.41, 5.74) is -0.476. The average Bonchev–Trinajstić information content (AvgIpc) is 1.35. The third kappa shape index (κ3) is 5.35. The first kappa shape index (κ1) is 7.35. The lowest BCUT2D eigenvalue weighted by molar-refractivity contribution is 0.396. The maximum absolute atomic E-state index is 4.94. The molecule has 0 aliphatic carbocycles. The number of halogens is 2. The van der Waals surface area contributed by atoms with E-state index in [2.05, 4.69) is 31.0 Å². The Morgan fingerprint density at radius 3 is 2.17 bits per heavy atom. The monoisotopic (exact) mass is 234 g/mol. The Kier molecular flexibility index (Phi) is 5.52. The van der Waals surface area contributed by atoms with E-state index >= 15 is 0 Å². The van der Waals surface area contributed by atoms with Crippen LogP contribution in [0.5, 0.6) is 0 Å². The van der Waals surface area contributed by atoms with Crippen LogP contribution in [-0.2, 0) is 4.52 Å². The van der Waals surface area contributed by atoms with Crippen LogP contribution in [0.1, 0.15) is 6.92 Å². The smallest absolute Gasteiger partial charge is 0.170 e. The summed E-state index contributed by atoms with van der Waals surface area (Å²) in [5, 5.41) is 0. The highest BCUT2D eigenvalue weighted by atomic mass is 79.9. The molecular formula is C2H5Br2OP. The van der Waals surface area contributed by atoms with Gasteiger partial charge in [0.2, 0.25) is 0 Å². The fourth-order valence-electron chi connectivity index (χ4n) is 0.0976. The number of hydrogen-bond acceptors (Lipinski definition) is 1. The van der Waals surface area contributed by atoms with Crippen LogP contribution in [0.15, 0.2) is 0 Å². The van der Waals surface area contributed by atoms with Crippen molar-refractivity contribution in [2.75, 3.05) is 6.61 Å². The SMILES string of the molecule is CCOP(Br)Br. The normalized spacial score (nSPS) is 10.0. The minimum Gasteiger partial charge on any atom is -0.339 e. The molecule has 0 fully saturated rings. The van der Waals surface area contributed by atoms with E-state index in [1.54, 1.807) is 0 Å². The minimum atomic E-state index is -0.476. The predicted octanol–water partition coefficient (Wildman–Crippen LogP) is 3.04. The van der Waals surface area contributed by atoms with Crippen molar-refractivity contribution < 1.29 is 4.52 Å². The van der Waals surface area contributed by atoms with Crippen molar-refractivity contribution in [2.45, 2.75) is 6.92 Å². The molecule has 38 valence electrons. The molecule has 1 nitrogen and oxygen atoms in total. The molecule has 0 heterocycles. The molecule has 4 heteroatoms. The van der Waals surface area contributed by atoms with Gasteiger partial charge in [-0.05, 0) is 37.9 Å². The second-order valence-corrected chi connectivity index (χ2v) is 8.00. The lowest BCUT2D eigenvalue weighted by Gasteiger charge is -1.94. The van der Waals surface area contributed by atoms with E-state index in [0.717, 1.165) is 6.61 Å². The molecule has 0 aromatic carbocycles. The maximum atomic E-state index is 4.94. The van der Waals surface area contributed by atoms with Crippen molar-refractivity contribution in [1.29, 1.82) is 0 Å². The van der Waals surface area contributed by atoms with E-state index in [1.165, 1.54) is 0 Å². The molecule has 0 aromatic rings. The molecule has 0 atom stereocenters. The fourth-order valence-corrected chi connectivity index (χ4v) is 1.52. The molecule has 0 N–H and O–H groups in total. The molecule has 0 saturated carbocycles. The van der Waals surface area contributed by atoms with Crippen molar-refractivity contribution >= 4 is 36.5 Å². The zero-order valence-electron chi connectivity index (χ0n) is 3.32. The molecule has 0 radical (unpaired) electrons. The van der Waals surface area contributed by atoms with Crippen molar-refractivity contribution in [3.8, 4) is 0 Å². The maximum Gasteiger partial charge on any atom is 0.170 e. The van der Waals surface area contributed by atoms with Crippen LogP contribution in [-0.4, -0.2) is 6.61 Å². The van der Waals surface area contributed by atoms with Gasteiger partial charge in [0, 0.05) is 0 Å². The highest BCUT2D eigenvalue weighted by Crippen LogP contribution is 2.52. The second kappa shape index (κ2) is 4.51. The van der Waals surface area contributed by atoms with Gasteiger partial charge in [0.25, 0.3) is 0 Å². The van der Waals surface area contributed by atoms with Crippen LogP contribution in [0.2, 0.25) is 0 Å². The van der Waals surface area contributed by atoms with E-state index < -0.39 is 5.55 Å². The van der Waals surface area contributed by atoms with Gasteiger partial charge < -0.3 is 4.52 Å².